The molecule has 32 heavy (non-hydrogen) atoms. The molecule has 0 saturated carbocycles. The molecule has 2 saturated heterocycles. The molecule has 11 heteroatoms. The third kappa shape index (κ3) is 7.47. The van der Waals surface area contributed by atoms with Gasteiger partial charge in [-0.1, -0.05) is 14.9 Å². The summed E-state index contributed by atoms with van der Waals surface area (Å²) in [6.45, 7) is 11.8. The minimum Gasteiger partial charge on any atom is -0.458 e. The zero-order valence-electron chi connectivity index (χ0n) is 18.4. The predicted molar refractivity (Wildman–Crippen MR) is 127 cm³/mol. The molecule has 0 N–H and O–H groups in total. The third-order valence-electron chi connectivity index (χ3n) is 4.52. The second-order valence-corrected chi connectivity index (χ2v) is 11.3. The Morgan fingerprint density at radius 2 is 1.59 bits per heavy atom. The molecule has 0 aromatic carbocycles. The van der Waals surface area contributed by atoms with Crippen molar-refractivity contribution in [3.63, 3.8) is 0 Å². The normalized spacial score (nSPS) is 22.8. The summed E-state index contributed by atoms with van der Waals surface area (Å²) in [7, 11) is 0. The summed E-state index contributed by atoms with van der Waals surface area (Å²) in [5.41, 5.74) is -0.694. The van der Waals surface area contributed by atoms with E-state index in [0.29, 0.717) is 11.6 Å². The maximum atomic E-state index is 12.7. The van der Waals surface area contributed by atoms with E-state index in [0.717, 1.165) is 0 Å². The van der Waals surface area contributed by atoms with Crippen LogP contribution in [-0.4, -0.2) is 80.0 Å². The highest BCUT2D eigenvalue weighted by atomic mass is 32.2. The Hall–Kier alpha value is -1.62. The Morgan fingerprint density at radius 1 is 1.00 bits per heavy atom. The van der Waals surface area contributed by atoms with E-state index < -0.39 is 46.8 Å². The van der Waals surface area contributed by atoms with Gasteiger partial charge in [-0.2, -0.15) is 0 Å². The van der Waals surface area contributed by atoms with Crippen molar-refractivity contribution < 1.29 is 33.4 Å². The number of ether oxygens (including phenoxy) is 3. The molecule has 2 fully saturated rings. The van der Waals surface area contributed by atoms with Crippen molar-refractivity contribution in [1.82, 2.24) is 9.80 Å². The molecule has 2 aliphatic heterocycles. The second-order valence-electron chi connectivity index (χ2n) is 8.68. The first-order valence-corrected chi connectivity index (χ1v) is 11.8. The molecular weight excluding hydrogens is 456 g/mol. The molecule has 0 aromatic heterocycles. The van der Waals surface area contributed by atoms with E-state index >= 15 is 0 Å². The van der Waals surface area contributed by atoms with Gasteiger partial charge in [-0.25, -0.2) is 14.4 Å². The van der Waals surface area contributed by atoms with Gasteiger partial charge in [-0.05, 0) is 34.6 Å². The molecule has 2 heterocycles. The maximum Gasteiger partial charge on any atom is 0.414 e. The Labute approximate surface area is 200 Å². The first kappa shape index (κ1) is 30.4. The smallest absolute Gasteiger partial charge is 0.414 e. The number of nitrogens with zero attached hydrogens (tertiary/aromatic N) is 2. The van der Waals surface area contributed by atoms with Crippen molar-refractivity contribution in [3.8, 4) is 0 Å². The molecule has 3 atom stereocenters. The molecular formula is C21H38N2O7S2. The lowest BCUT2D eigenvalue weighted by molar-refractivity contribution is -0.174. The summed E-state index contributed by atoms with van der Waals surface area (Å²) in [6.07, 6.45) is -1.94. The fourth-order valence-electron chi connectivity index (χ4n) is 3.12. The van der Waals surface area contributed by atoms with E-state index in [9.17, 15) is 19.2 Å². The van der Waals surface area contributed by atoms with Crippen LogP contribution in [0.25, 0.3) is 0 Å². The maximum absolute atomic E-state index is 12.7. The largest absolute Gasteiger partial charge is 0.458 e. The Kier molecular flexibility index (Phi) is 10.9. The van der Waals surface area contributed by atoms with Crippen LogP contribution >= 0.6 is 23.5 Å². The molecule has 0 radical (unpaired) electrons. The van der Waals surface area contributed by atoms with Gasteiger partial charge < -0.3 is 19.1 Å². The van der Waals surface area contributed by atoms with Crippen LogP contribution in [0.3, 0.4) is 0 Å². The summed E-state index contributed by atoms with van der Waals surface area (Å²) in [5, 5.41) is 0. The molecule has 3 unspecified atom stereocenters. The van der Waals surface area contributed by atoms with Crippen molar-refractivity contribution in [2.75, 3.05) is 17.5 Å². The highest BCUT2D eigenvalue weighted by Gasteiger charge is 2.50. The first-order chi connectivity index (χ1) is 13.7. The minimum absolute atomic E-state index is 0. The molecule has 9 nitrogen and oxygen atoms in total. The SMILES string of the molecule is C.C.CC(=O)N1CSCC1C(=O)OC(C)OC(=O)N1CSC(C)(C)C1C(=O)OC(C)(C)C. The Bertz CT molecular complexity index is 709. The number of esters is 2. The average Bonchev–Trinajstić information content (AvgIpc) is 3.16. The van der Waals surface area contributed by atoms with Gasteiger partial charge in [0, 0.05) is 24.3 Å². The Morgan fingerprint density at radius 3 is 2.12 bits per heavy atom. The standard InChI is InChI=1S/C19H30N2O7S2.2CH4/c1-11(22)20-9-29-8-13(20)15(23)26-12(2)27-17(25)21-10-30-19(6,7)14(21)16(24)28-18(3,4)5;;/h12-14H,8-10H2,1-7H3;2*1H4. The number of thioether (sulfide) groups is 2. The quantitative estimate of drug-likeness (QED) is 0.427. The number of hydrogen-bond donors (Lipinski definition) is 0. The molecule has 2 aliphatic rings. The topological polar surface area (TPSA) is 102 Å². The fraction of sp³-hybridized carbons (Fsp3) is 0.810. The number of hydrogen-bond acceptors (Lipinski definition) is 9. The summed E-state index contributed by atoms with van der Waals surface area (Å²) < 4.78 is 15.4. The van der Waals surface area contributed by atoms with Crippen LogP contribution in [0.4, 0.5) is 4.79 Å². The van der Waals surface area contributed by atoms with Crippen molar-refractivity contribution in [1.29, 1.82) is 0 Å². The van der Waals surface area contributed by atoms with Crippen LogP contribution in [0.5, 0.6) is 0 Å². The molecule has 0 aromatic rings. The monoisotopic (exact) mass is 494 g/mol. The molecule has 0 spiro atoms. The van der Waals surface area contributed by atoms with E-state index in [4.69, 9.17) is 14.2 Å². The van der Waals surface area contributed by atoms with Crippen LogP contribution in [0.15, 0.2) is 0 Å². The van der Waals surface area contributed by atoms with Gasteiger partial charge in [0.15, 0.2) is 0 Å². The van der Waals surface area contributed by atoms with Gasteiger partial charge >= 0.3 is 18.0 Å². The number of rotatable bonds is 4. The second kappa shape index (κ2) is 11.5. The molecule has 2 amide bonds. The molecule has 0 aliphatic carbocycles. The number of carbonyl (C=O) groups is 4. The van der Waals surface area contributed by atoms with Crippen LogP contribution in [-0.2, 0) is 28.6 Å². The predicted octanol–water partition coefficient (Wildman–Crippen LogP) is 3.70. The van der Waals surface area contributed by atoms with Crippen molar-refractivity contribution in [2.45, 2.75) is 92.0 Å². The van der Waals surface area contributed by atoms with E-state index in [1.165, 1.54) is 47.2 Å². The summed E-state index contributed by atoms with van der Waals surface area (Å²) in [4.78, 5) is 52.2. The van der Waals surface area contributed by atoms with E-state index in [-0.39, 0.29) is 26.6 Å². The number of amides is 2. The summed E-state index contributed by atoms with van der Waals surface area (Å²) >= 11 is 2.88. The van der Waals surface area contributed by atoms with Crippen LogP contribution in [0, 0.1) is 0 Å². The van der Waals surface area contributed by atoms with Crippen LogP contribution in [0.2, 0.25) is 0 Å². The summed E-state index contributed by atoms with van der Waals surface area (Å²) in [6, 6.07) is -1.54. The van der Waals surface area contributed by atoms with Crippen molar-refractivity contribution in [3.05, 3.63) is 0 Å². The minimum atomic E-state index is -1.17. The van der Waals surface area contributed by atoms with Crippen LogP contribution < -0.4 is 0 Å². The van der Waals surface area contributed by atoms with Gasteiger partial charge in [-0.15, -0.1) is 23.5 Å². The van der Waals surface area contributed by atoms with Gasteiger partial charge in [0.05, 0.1) is 11.8 Å². The number of carbonyl (C=O) groups excluding carboxylic acids is 4. The highest BCUT2D eigenvalue weighted by molar-refractivity contribution is 8.01. The lowest BCUT2D eigenvalue weighted by Gasteiger charge is -2.32. The third-order valence-corrected chi connectivity index (χ3v) is 6.90. The van der Waals surface area contributed by atoms with Crippen molar-refractivity contribution >= 4 is 47.5 Å². The lowest BCUT2D eigenvalue weighted by atomic mass is 10.0. The van der Waals surface area contributed by atoms with Crippen LogP contribution in [0.1, 0.15) is 63.3 Å². The van der Waals surface area contributed by atoms with Gasteiger partial charge in [-0.3, -0.25) is 9.69 Å². The van der Waals surface area contributed by atoms with Crippen molar-refractivity contribution in [2.24, 2.45) is 0 Å². The first-order valence-electron chi connectivity index (χ1n) is 9.62. The fourth-order valence-corrected chi connectivity index (χ4v) is 5.43. The summed E-state index contributed by atoms with van der Waals surface area (Å²) in [5.74, 6) is -0.275. The Balaban J connectivity index is 0.00000480. The highest BCUT2D eigenvalue weighted by Crippen LogP contribution is 2.40. The average molecular weight is 495 g/mol. The van der Waals surface area contributed by atoms with E-state index in [2.05, 4.69) is 0 Å². The van der Waals surface area contributed by atoms with E-state index in [1.807, 2.05) is 13.8 Å². The zero-order chi connectivity index (χ0) is 22.9. The van der Waals surface area contributed by atoms with E-state index in [1.54, 1.807) is 20.8 Å². The molecule has 0 bridgehead atoms. The molecule has 186 valence electrons. The lowest BCUT2D eigenvalue weighted by Crippen LogP contribution is -2.51. The molecule has 2 rings (SSSR count). The zero-order valence-corrected chi connectivity index (χ0v) is 20.1. The van der Waals surface area contributed by atoms with Gasteiger partial charge in [0.1, 0.15) is 17.7 Å². The van der Waals surface area contributed by atoms with Gasteiger partial charge in [0.25, 0.3) is 0 Å². The van der Waals surface area contributed by atoms with Gasteiger partial charge in [0.2, 0.25) is 12.2 Å².